The molecular weight excluding hydrogens is 272 g/mol. The fraction of sp³-hybridized carbons (Fsp3) is 0.533. The molecule has 0 heterocycles. The Balaban J connectivity index is 2.29. The van der Waals surface area contributed by atoms with Crippen LogP contribution >= 0.6 is 0 Å². The Morgan fingerprint density at radius 3 is 2.52 bits per heavy atom. The third kappa shape index (κ3) is 6.57. The van der Waals surface area contributed by atoms with Crippen molar-refractivity contribution >= 4 is 5.84 Å². The van der Waals surface area contributed by atoms with E-state index in [2.05, 4.69) is 0 Å². The number of amidine groups is 1. The van der Waals surface area contributed by atoms with Crippen LogP contribution in [-0.2, 0) is 20.8 Å². The number of nitrogens with one attached hydrogen (secondary N) is 1. The standard InChI is InChI=1S/C15H24N2O4/c1-18-6-3-7-20-8-9-21-11-12-4-5-14(19-2)13(10-12)15(16)17/h4-5,10H,3,6-9,11H2,1-2H3,(H3,16,17). The monoisotopic (exact) mass is 296 g/mol. The third-order valence-corrected chi connectivity index (χ3v) is 2.83. The van der Waals surface area contributed by atoms with Crippen molar-refractivity contribution in [3.63, 3.8) is 0 Å². The van der Waals surface area contributed by atoms with Gasteiger partial charge in [-0.25, -0.2) is 0 Å². The normalized spacial score (nSPS) is 10.6. The molecule has 0 radical (unpaired) electrons. The Morgan fingerprint density at radius 2 is 1.86 bits per heavy atom. The van der Waals surface area contributed by atoms with E-state index >= 15 is 0 Å². The number of nitrogen functional groups attached to an aromatic ring is 1. The van der Waals surface area contributed by atoms with E-state index in [4.69, 9.17) is 30.1 Å². The topological polar surface area (TPSA) is 86.8 Å². The Bertz CT molecular complexity index is 438. The molecule has 6 heteroatoms. The maximum absolute atomic E-state index is 7.53. The molecule has 6 nitrogen and oxygen atoms in total. The van der Waals surface area contributed by atoms with Crippen LogP contribution in [0.25, 0.3) is 0 Å². The Hall–Kier alpha value is -1.63. The predicted octanol–water partition coefficient (Wildman–Crippen LogP) is 1.55. The molecule has 0 spiro atoms. The third-order valence-electron chi connectivity index (χ3n) is 2.83. The Kier molecular flexibility index (Phi) is 8.42. The highest BCUT2D eigenvalue weighted by Crippen LogP contribution is 2.19. The second-order valence-electron chi connectivity index (χ2n) is 4.46. The molecule has 1 rings (SSSR count). The molecule has 0 aliphatic carbocycles. The number of hydrogen-bond donors (Lipinski definition) is 2. The van der Waals surface area contributed by atoms with Crippen LogP contribution in [0.2, 0.25) is 0 Å². The molecule has 0 amide bonds. The van der Waals surface area contributed by atoms with E-state index < -0.39 is 0 Å². The van der Waals surface area contributed by atoms with Gasteiger partial charge in [-0.15, -0.1) is 0 Å². The molecule has 0 saturated heterocycles. The summed E-state index contributed by atoms with van der Waals surface area (Å²) in [6, 6.07) is 5.49. The molecule has 0 bridgehead atoms. The van der Waals surface area contributed by atoms with Gasteiger partial charge in [-0.3, -0.25) is 5.41 Å². The van der Waals surface area contributed by atoms with Gasteiger partial charge in [0.2, 0.25) is 0 Å². The van der Waals surface area contributed by atoms with E-state index in [0.717, 1.165) is 12.0 Å². The predicted molar refractivity (Wildman–Crippen MR) is 81.0 cm³/mol. The first kappa shape index (κ1) is 17.4. The lowest BCUT2D eigenvalue weighted by Crippen LogP contribution is -2.13. The molecule has 0 unspecified atom stereocenters. The van der Waals surface area contributed by atoms with Crippen molar-refractivity contribution in [2.75, 3.05) is 40.6 Å². The molecule has 0 aliphatic heterocycles. The quantitative estimate of drug-likeness (QED) is 0.367. The summed E-state index contributed by atoms with van der Waals surface area (Å²) < 4.78 is 21.0. The van der Waals surface area contributed by atoms with Crippen molar-refractivity contribution in [3.8, 4) is 5.75 Å². The molecule has 1 aromatic rings. The molecule has 3 N–H and O–H groups in total. The molecule has 0 atom stereocenters. The summed E-state index contributed by atoms with van der Waals surface area (Å²) in [4.78, 5) is 0. The number of benzene rings is 1. The molecule has 0 saturated carbocycles. The zero-order chi connectivity index (χ0) is 15.5. The summed E-state index contributed by atoms with van der Waals surface area (Å²) >= 11 is 0. The average molecular weight is 296 g/mol. The molecule has 21 heavy (non-hydrogen) atoms. The second-order valence-corrected chi connectivity index (χ2v) is 4.46. The number of methoxy groups -OCH3 is 2. The van der Waals surface area contributed by atoms with Crippen LogP contribution in [0.15, 0.2) is 18.2 Å². The van der Waals surface area contributed by atoms with Crippen LogP contribution in [0.4, 0.5) is 0 Å². The van der Waals surface area contributed by atoms with Crippen LogP contribution in [0.5, 0.6) is 5.75 Å². The molecule has 0 fully saturated rings. The molecule has 118 valence electrons. The van der Waals surface area contributed by atoms with Crippen LogP contribution in [0.3, 0.4) is 0 Å². The van der Waals surface area contributed by atoms with Gasteiger partial charge in [-0.1, -0.05) is 6.07 Å². The molecule has 0 aromatic heterocycles. The minimum atomic E-state index is -0.0184. The van der Waals surface area contributed by atoms with Gasteiger partial charge in [0.25, 0.3) is 0 Å². The zero-order valence-corrected chi connectivity index (χ0v) is 12.7. The van der Waals surface area contributed by atoms with Crippen molar-refractivity contribution in [1.82, 2.24) is 0 Å². The van der Waals surface area contributed by atoms with Crippen LogP contribution < -0.4 is 10.5 Å². The van der Waals surface area contributed by atoms with E-state index in [-0.39, 0.29) is 5.84 Å². The zero-order valence-electron chi connectivity index (χ0n) is 12.7. The van der Waals surface area contributed by atoms with Gasteiger partial charge >= 0.3 is 0 Å². The van der Waals surface area contributed by atoms with Gasteiger partial charge in [0.15, 0.2) is 0 Å². The molecule has 0 aliphatic rings. The van der Waals surface area contributed by atoms with Gasteiger partial charge in [0.1, 0.15) is 11.6 Å². The summed E-state index contributed by atoms with van der Waals surface area (Å²) in [5.74, 6) is 0.572. The van der Waals surface area contributed by atoms with Crippen molar-refractivity contribution in [2.24, 2.45) is 5.73 Å². The SMILES string of the molecule is COCCCOCCOCc1ccc(OC)c(C(=N)N)c1. The van der Waals surface area contributed by atoms with Crippen LogP contribution in [0, 0.1) is 5.41 Å². The van der Waals surface area contributed by atoms with Crippen molar-refractivity contribution in [1.29, 1.82) is 5.41 Å². The summed E-state index contributed by atoms with van der Waals surface area (Å²) in [7, 11) is 3.23. The highest BCUT2D eigenvalue weighted by molar-refractivity contribution is 5.97. The first-order valence-electron chi connectivity index (χ1n) is 6.84. The second kappa shape index (κ2) is 10.1. The first-order valence-corrected chi connectivity index (χ1v) is 6.84. The van der Waals surface area contributed by atoms with E-state index in [9.17, 15) is 0 Å². The lowest BCUT2D eigenvalue weighted by atomic mass is 10.1. The van der Waals surface area contributed by atoms with Crippen LogP contribution in [-0.4, -0.2) is 46.5 Å². The maximum Gasteiger partial charge on any atom is 0.129 e. The molecule has 1 aromatic carbocycles. The van der Waals surface area contributed by atoms with Gasteiger partial charge in [0.05, 0.1) is 32.5 Å². The minimum absolute atomic E-state index is 0.0184. The summed E-state index contributed by atoms with van der Waals surface area (Å²) in [6.45, 7) is 2.91. The fourth-order valence-corrected chi connectivity index (χ4v) is 1.77. The fourth-order valence-electron chi connectivity index (χ4n) is 1.77. The van der Waals surface area contributed by atoms with E-state index in [1.807, 2.05) is 6.07 Å². The average Bonchev–Trinajstić information content (AvgIpc) is 2.49. The van der Waals surface area contributed by atoms with Gasteiger partial charge < -0.3 is 24.7 Å². The molecular formula is C15H24N2O4. The smallest absolute Gasteiger partial charge is 0.129 e. The number of rotatable bonds is 11. The van der Waals surface area contributed by atoms with Crippen molar-refractivity contribution in [2.45, 2.75) is 13.0 Å². The highest BCUT2D eigenvalue weighted by Gasteiger charge is 2.07. The highest BCUT2D eigenvalue weighted by atomic mass is 16.5. The largest absolute Gasteiger partial charge is 0.496 e. The number of nitrogens with two attached hydrogens (primary N) is 1. The van der Waals surface area contributed by atoms with E-state index in [1.165, 1.54) is 0 Å². The summed E-state index contributed by atoms with van der Waals surface area (Å²) in [6.07, 6.45) is 0.886. The lowest BCUT2D eigenvalue weighted by molar-refractivity contribution is 0.0337. The Morgan fingerprint density at radius 1 is 1.10 bits per heavy atom. The first-order chi connectivity index (χ1) is 10.2. The Labute approximate surface area is 125 Å². The number of ether oxygens (including phenoxy) is 4. The number of hydrogen-bond acceptors (Lipinski definition) is 5. The maximum atomic E-state index is 7.53. The van der Waals surface area contributed by atoms with Crippen molar-refractivity contribution < 1.29 is 18.9 Å². The van der Waals surface area contributed by atoms with E-state index in [1.54, 1.807) is 26.4 Å². The van der Waals surface area contributed by atoms with Crippen molar-refractivity contribution in [3.05, 3.63) is 29.3 Å². The minimum Gasteiger partial charge on any atom is -0.496 e. The van der Waals surface area contributed by atoms with Gasteiger partial charge in [-0.05, 0) is 24.1 Å². The van der Waals surface area contributed by atoms with Gasteiger partial charge in [0, 0.05) is 20.3 Å². The van der Waals surface area contributed by atoms with Gasteiger partial charge in [-0.2, -0.15) is 0 Å². The summed E-state index contributed by atoms with van der Waals surface area (Å²) in [5.41, 5.74) is 7.05. The summed E-state index contributed by atoms with van der Waals surface area (Å²) in [5, 5.41) is 7.53. The lowest BCUT2D eigenvalue weighted by Gasteiger charge is -2.10. The van der Waals surface area contributed by atoms with Crippen LogP contribution in [0.1, 0.15) is 17.5 Å². The van der Waals surface area contributed by atoms with E-state index in [0.29, 0.717) is 44.3 Å².